The number of benzene rings is 1. The van der Waals surface area contributed by atoms with Crippen LogP contribution in [0.4, 0.5) is 0 Å². The highest BCUT2D eigenvalue weighted by Crippen LogP contribution is 2.40. The molecule has 1 unspecified atom stereocenters. The summed E-state index contributed by atoms with van der Waals surface area (Å²) < 4.78 is 2.22. The molecular weight excluding hydrogens is 224 g/mol. The quantitative estimate of drug-likeness (QED) is 0.898. The third-order valence-electron chi connectivity index (χ3n) is 4.07. The van der Waals surface area contributed by atoms with Crippen molar-refractivity contribution < 1.29 is 5.11 Å². The first kappa shape index (κ1) is 11.7. The van der Waals surface area contributed by atoms with Crippen molar-refractivity contribution in [1.29, 1.82) is 0 Å². The van der Waals surface area contributed by atoms with Gasteiger partial charge in [0.1, 0.15) is 5.82 Å². The Morgan fingerprint density at radius 3 is 2.83 bits per heavy atom. The molecule has 1 heterocycles. The Bertz CT molecular complexity index is 565. The SMILES string of the molecule is CCC(CO)c1ccc2c(c1)nc(C1CC1)n2C. The third-order valence-corrected chi connectivity index (χ3v) is 4.07. The Labute approximate surface area is 107 Å². The van der Waals surface area contributed by atoms with Crippen LogP contribution in [0, 0.1) is 0 Å². The number of aliphatic hydroxyl groups is 1. The van der Waals surface area contributed by atoms with Gasteiger partial charge in [-0.15, -0.1) is 0 Å². The van der Waals surface area contributed by atoms with Crippen LogP contribution < -0.4 is 0 Å². The first-order valence-electron chi connectivity index (χ1n) is 6.81. The molecule has 3 nitrogen and oxygen atoms in total. The zero-order chi connectivity index (χ0) is 12.7. The highest BCUT2D eigenvalue weighted by atomic mass is 16.3. The number of nitrogens with zero attached hydrogens (tertiary/aromatic N) is 2. The second kappa shape index (κ2) is 4.39. The van der Waals surface area contributed by atoms with Crippen molar-refractivity contribution in [3.63, 3.8) is 0 Å². The van der Waals surface area contributed by atoms with Crippen LogP contribution in [-0.4, -0.2) is 21.3 Å². The smallest absolute Gasteiger partial charge is 0.112 e. The average Bonchev–Trinajstić information content (AvgIpc) is 3.17. The van der Waals surface area contributed by atoms with Gasteiger partial charge in [0.25, 0.3) is 0 Å². The van der Waals surface area contributed by atoms with Gasteiger partial charge < -0.3 is 9.67 Å². The second-order valence-electron chi connectivity index (χ2n) is 5.34. The summed E-state index contributed by atoms with van der Waals surface area (Å²) in [7, 11) is 2.10. The average molecular weight is 244 g/mol. The van der Waals surface area contributed by atoms with Gasteiger partial charge in [0, 0.05) is 25.5 Å². The molecule has 2 aromatic rings. The molecule has 1 aliphatic rings. The molecule has 1 saturated carbocycles. The Morgan fingerprint density at radius 1 is 1.44 bits per heavy atom. The lowest BCUT2D eigenvalue weighted by Crippen LogP contribution is -2.02. The lowest BCUT2D eigenvalue weighted by molar-refractivity contribution is 0.262. The van der Waals surface area contributed by atoms with E-state index >= 15 is 0 Å². The van der Waals surface area contributed by atoms with Gasteiger partial charge in [-0.25, -0.2) is 4.98 Å². The van der Waals surface area contributed by atoms with E-state index < -0.39 is 0 Å². The highest BCUT2D eigenvalue weighted by molar-refractivity contribution is 5.77. The summed E-state index contributed by atoms with van der Waals surface area (Å²) in [6.07, 6.45) is 3.51. The van der Waals surface area contributed by atoms with E-state index in [2.05, 4.69) is 36.7 Å². The van der Waals surface area contributed by atoms with Crippen LogP contribution in [0.5, 0.6) is 0 Å². The van der Waals surface area contributed by atoms with E-state index in [1.54, 1.807) is 0 Å². The van der Waals surface area contributed by atoms with E-state index in [1.165, 1.54) is 29.7 Å². The molecule has 3 heteroatoms. The molecule has 1 fully saturated rings. The van der Waals surface area contributed by atoms with Crippen molar-refractivity contribution in [2.75, 3.05) is 6.61 Å². The van der Waals surface area contributed by atoms with Gasteiger partial charge in [-0.05, 0) is 37.0 Å². The van der Waals surface area contributed by atoms with Crippen LogP contribution >= 0.6 is 0 Å². The molecule has 1 aromatic carbocycles. The van der Waals surface area contributed by atoms with E-state index in [0.717, 1.165) is 11.9 Å². The van der Waals surface area contributed by atoms with Gasteiger partial charge in [0.05, 0.1) is 11.0 Å². The van der Waals surface area contributed by atoms with E-state index in [-0.39, 0.29) is 12.5 Å². The van der Waals surface area contributed by atoms with Gasteiger partial charge in [0.2, 0.25) is 0 Å². The minimum Gasteiger partial charge on any atom is -0.396 e. The molecule has 18 heavy (non-hydrogen) atoms. The molecule has 3 rings (SSSR count). The first-order valence-corrected chi connectivity index (χ1v) is 6.81. The predicted octanol–water partition coefficient (Wildman–Crippen LogP) is 2.94. The number of hydrogen-bond acceptors (Lipinski definition) is 2. The number of imidazole rings is 1. The van der Waals surface area contributed by atoms with E-state index in [9.17, 15) is 5.11 Å². The summed E-state index contributed by atoms with van der Waals surface area (Å²) in [5.74, 6) is 2.13. The maximum Gasteiger partial charge on any atom is 0.112 e. The molecule has 0 spiro atoms. The number of rotatable bonds is 4. The fourth-order valence-corrected chi connectivity index (χ4v) is 2.67. The van der Waals surface area contributed by atoms with E-state index in [4.69, 9.17) is 4.98 Å². The van der Waals surface area contributed by atoms with Crippen LogP contribution in [0.3, 0.4) is 0 Å². The van der Waals surface area contributed by atoms with Gasteiger partial charge in [0.15, 0.2) is 0 Å². The molecule has 1 aromatic heterocycles. The minimum absolute atomic E-state index is 0.213. The lowest BCUT2D eigenvalue weighted by atomic mass is 9.97. The molecule has 1 atom stereocenters. The van der Waals surface area contributed by atoms with Gasteiger partial charge in [-0.3, -0.25) is 0 Å². The maximum absolute atomic E-state index is 9.38. The molecule has 1 N–H and O–H groups in total. The predicted molar refractivity (Wildman–Crippen MR) is 72.8 cm³/mol. The molecule has 96 valence electrons. The van der Waals surface area contributed by atoms with Gasteiger partial charge >= 0.3 is 0 Å². The summed E-state index contributed by atoms with van der Waals surface area (Å²) in [4.78, 5) is 4.77. The Hall–Kier alpha value is -1.35. The van der Waals surface area contributed by atoms with Crippen molar-refractivity contribution >= 4 is 11.0 Å². The monoisotopic (exact) mass is 244 g/mol. The fourth-order valence-electron chi connectivity index (χ4n) is 2.67. The number of aryl methyl sites for hydroxylation is 1. The Balaban J connectivity index is 2.06. The van der Waals surface area contributed by atoms with Crippen LogP contribution in [0.25, 0.3) is 11.0 Å². The lowest BCUT2D eigenvalue weighted by Gasteiger charge is -2.11. The van der Waals surface area contributed by atoms with Crippen LogP contribution in [-0.2, 0) is 7.05 Å². The molecule has 0 saturated heterocycles. The van der Waals surface area contributed by atoms with Crippen molar-refractivity contribution in [2.24, 2.45) is 7.05 Å². The standard InChI is InChI=1S/C15H20N2O/c1-3-10(9-18)12-6-7-14-13(8-12)16-15(17(14)2)11-4-5-11/h6-8,10-11,18H,3-5,9H2,1-2H3. The number of aromatic nitrogens is 2. The highest BCUT2D eigenvalue weighted by Gasteiger charge is 2.28. The molecule has 0 bridgehead atoms. The minimum atomic E-state index is 0.213. The molecule has 0 aliphatic heterocycles. The normalized spacial score (nSPS) is 17.3. The van der Waals surface area contributed by atoms with Crippen LogP contribution in [0.15, 0.2) is 18.2 Å². The summed E-state index contributed by atoms with van der Waals surface area (Å²) in [6.45, 7) is 2.32. The second-order valence-corrected chi connectivity index (χ2v) is 5.34. The summed E-state index contributed by atoms with van der Waals surface area (Å²) >= 11 is 0. The molecule has 0 amide bonds. The number of aliphatic hydroxyl groups excluding tert-OH is 1. The topological polar surface area (TPSA) is 38.1 Å². The van der Waals surface area contributed by atoms with Gasteiger partial charge in [-0.2, -0.15) is 0 Å². The summed E-state index contributed by atoms with van der Waals surface area (Å²) in [5.41, 5.74) is 3.48. The first-order chi connectivity index (χ1) is 8.74. The van der Waals surface area contributed by atoms with Crippen molar-refractivity contribution in [2.45, 2.75) is 38.0 Å². The summed E-state index contributed by atoms with van der Waals surface area (Å²) in [5, 5.41) is 9.38. The van der Waals surface area contributed by atoms with Crippen molar-refractivity contribution in [3.05, 3.63) is 29.6 Å². The maximum atomic E-state index is 9.38. The number of hydrogen-bond donors (Lipinski definition) is 1. The largest absolute Gasteiger partial charge is 0.396 e. The molecule has 0 radical (unpaired) electrons. The molecular formula is C15H20N2O. The van der Waals surface area contributed by atoms with Crippen molar-refractivity contribution in [1.82, 2.24) is 9.55 Å². The zero-order valence-electron chi connectivity index (χ0n) is 11.1. The van der Waals surface area contributed by atoms with Crippen molar-refractivity contribution in [3.8, 4) is 0 Å². The van der Waals surface area contributed by atoms with Crippen LogP contribution in [0.1, 0.15) is 49.4 Å². The third kappa shape index (κ3) is 1.83. The van der Waals surface area contributed by atoms with Gasteiger partial charge in [-0.1, -0.05) is 13.0 Å². The molecule has 1 aliphatic carbocycles. The number of fused-ring (bicyclic) bond motifs is 1. The summed E-state index contributed by atoms with van der Waals surface area (Å²) in [6, 6.07) is 6.42. The Kier molecular flexibility index (Phi) is 2.86. The fraction of sp³-hybridized carbons (Fsp3) is 0.533. The van der Waals surface area contributed by atoms with E-state index in [0.29, 0.717) is 5.92 Å². The Morgan fingerprint density at radius 2 is 2.22 bits per heavy atom. The van der Waals surface area contributed by atoms with Crippen LogP contribution in [0.2, 0.25) is 0 Å². The zero-order valence-corrected chi connectivity index (χ0v) is 11.1. The van der Waals surface area contributed by atoms with E-state index in [1.807, 2.05) is 0 Å².